The van der Waals surface area contributed by atoms with Gasteiger partial charge in [-0.1, -0.05) is 43.3 Å². The predicted octanol–water partition coefficient (Wildman–Crippen LogP) is 5.47. The number of aromatic nitrogens is 1. The van der Waals surface area contributed by atoms with Gasteiger partial charge in [0.05, 0.1) is 0 Å². The number of para-hydroxylation sites is 2. The molecule has 2 aromatic carbocycles. The van der Waals surface area contributed by atoms with Crippen LogP contribution in [0.2, 0.25) is 0 Å². The van der Waals surface area contributed by atoms with Gasteiger partial charge in [0.25, 0.3) is 0 Å². The van der Waals surface area contributed by atoms with E-state index in [4.69, 9.17) is 12.2 Å². The standard InChI is InChI=1S/C21H25N3S/c1-4-16(3)24(21(25)23-19-11-7-5-9-15(19)2)14-17-13-22-20-12-8-6-10-18(17)20/h5-13,16,22H,4,14H2,1-3H3,(H,23,25)/t16-/m0/s1. The van der Waals surface area contributed by atoms with Crippen LogP contribution in [-0.4, -0.2) is 21.0 Å². The van der Waals surface area contributed by atoms with Gasteiger partial charge < -0.3 is 15.2 Å². The molecule has 0 saturated carbocycles. The molecule has 1 aromatic heterocycles. The molecule has 3 nitrogen and oxygen atoms in total. The first kappa shape index (κ1) is 17.5. The van der Waals surface area contributed by atoms with E-state index in [0.29, 0.717) is 6.04 Å². The molecule has 0 bridgehead atoms. The third kappa shape index (κ3) is 3.85. The lowest BCUT2D eigenvalue weighted by Gasteiger charge is -2.31. The first-order valence-electron chi connectivity index (χ1n) is 8.78. The number of H-pyrrole nitrogens is 1. The molecule has 0 aliphatic heterocycles. The summed E-state index contributed by atoms with van der Waals surface area (Å²) in [6.07, 6.45) is 3.13. The van der Waals surface area contributed by atoms with Crippen molar-refractivity contribution in [2.45, 2.75) is 39.8 Å². The number of aromatic amines is 1. The third-order valence-electron chi connectivity index (χ3n) is 4.79. The van der Waals surface area contributed by atoms with Gasteiger partial charge in [-0.25, -0.2) is 0 Å². The Balaban J connectivity index is 1.84. The minimum absolute atomic E-state index is 0.359. The number of nitrogens with one attached hydrogen (secondary N) is 2. The summed E-state index contributed by atoms with van der Waals surface area (Å²) in [6, 6.07) is 17.0. The first-order chi connectivity index (χ1) is 12.1. The van der Waals surface area contributed by atoms with Crippen LogP contribution in [-0.2, 0) is 6.54 Å². The van der Waals surface area contributed by atoms with Gasteiger partial charge in [-0.3, -0.25) is 0 Å². The highest BCUT2D eigenvalue weighted by molar-refractivity contribution is 7.80. The number of nitrogens with zero attached hydrogens (tertiary/aromatic N) is 1. The number of rotatable bonds is 5. The molecule has 1 heterocycles. The molecule has 0 amide bonds. The number of benzene rings is 2. The van der Waals surface area contributed by atoms with Crippen molar-refractivity contribution in [2.75, 3.05) is 5.32 Å². The zero-order valence-electron chi connectivity index (χ0n) is 15.0. The van der Waals surface area contributed by atoms with E-state index in [1.165, 1.54) is 22.0 Å². The molecule has 4 heteroatoms. The number of anilines is 1. The Hall–Kier alpha value is -2.33. The van der Waals surface area contributed by atoms with Crippen molar-refractivity contribution in [2.24, 2.45) is 0 Å². The molecule has 25 heavy (non-hydrogen) atoms. The lowest BCUT2D eigenvalue weighted by Crippen LogP contribution is -2.40. The monoisotopic (exact) mass is 351 g/mol. The zero-order chi connectivity index (χ0) is 17.8. The van der Waals surface area contributed by atoms with Crippen molar-refractivity contribution in [1.29, 1.82) is 0 Å². The highest BCUT2D eigenvalue weighted by Crippen LogP contribution is 2.22. The van der Waals surface area contributed by atoms with Crippen LogP contribution in [0.3, 0.4) is 0 Å². The molecule has 130 valence electrons. The van der Waals surface area contributed by atoms with Crippen LogP contribution >= 0.6 is 12.2 Å². The van der Waals surface area contributed by atoms with E-state index in [0.717, 1.165) is 23.8 Å². The van der Waals surface area contributed by atoms with Crippen LogP contribution in [0.15, 0.2) is 54.7 Å². The summed E-state index contributed by atoms with van der Waals surface area (Å²) in [6.45, 7) is 7.30. The molecule has 0 aliphatic rings. The van der Waals surface area contributed by atoms with E-state index in [-0.39, 0.29) is 0 Å². The Kier molecular flexibility index (Phi) is 5.39. The average Bonchev–Trinajstić information content (AvgIpc) is 3.04. The lowest BCUT2D eigenvalue weighted by atomic mass is 10.1. The maximum absolute atomic E-state index is 5.76. The van der Waals surface area contributed by atoms with Gasteiger partial charge in [0.1, 0.15) is 0 Å². The van der Waals surface area contributed by atoms with Crippen LogP contribution in [0.25, 0.3) is 10.9 Å². The van der Waals surface area contributed by atoms with E-state index < -0.39 is 0 Å². The van der Waals surface area contributed by atoms with Gasteiger partial charge in [-0.2, -0.15) is 0 Å². The predicted molar refractivity (Wildman–Crippen MR) is 111 cm³/mol. The van der Waals surface area contributed by atoms with E-state index in [9.17, 15) is 0 Å². The van der Waals surface area contributed by atoms with Crippen LogP contribution in [0.4, 0.5) is 5.69 Å². The molecule has 3 aromatic rings. The fourth-order valence-electron chi connectivity index (χ4n) is 2.99. The highest BCUT2D eigenvalue weighted by Gasteiger charge is 2.18. The maximum Gasteiger partial charge on any atom is 0.173 e. The van der Waals surface area contributed by atoms with Gasteiger partial charge >= 0.3 is 0 Å². The second kappa shape index (κ2) is 7.70. The number of hydrogen-bond acceptors (Lipinski definition) is 1. The summed E-state index contributed by atoms with van der Waals surface area (Å²) < 4.78 is 0. The summed E-state index contributed by atoms with van der Waals surface area (Å²) >= 11 is 5.76. The topological polar surface area (TPSA) is 31.1 Å². The quantitative estimate of drug-likeness (QED) is 0.597. The zero-order valence-corrected chi connectivity index (χ0v) is 15.9. The molecule has 0 spiro atoms. The second-order valence-electron chi connectivity index (χ2n) is 6.49. The van der Waals surface area contributed by atoms with E-state index in [2.05, 4.69) is 78.6 Å². The van der Waals surface area contributed by atoms with Crippen molar-refractivity contribution in [3.63, 3.8) is 0 Å². The van der Waals surface area contributed by atoms with E-state index in [1.54, 1.807) is 0 Å². The molecule has 0 saturated heterocycles. The molecule has 0 unspecified atom stereocenters. The fourth-order valence-corrected chi connectivity index (χ4v) is 3.35. The summed E-state index contributed by atoms with van der Waals surface area (Å²) in [7, 11) is 0. The van der Waals surface area contributed by atoms with Crippen molar-refractivity contribution >= 4 is 33.9 Å². The van der Waals surface area contributed by atoms with Gasteiger partial charge in [0.15, 0.2) is 5.11 Å². The molecule has 2 N–H and O–H groups in total. The van der Waals surface area contributed by atoms with Gasteiger partial charge in [-0.05, 0) is 55.7 Å². The minimum atomic E-state index is 0.359. The SMILES string of the molecule is CC[C@H](C)N(Cc1c[nH]c2ccccc12)C(=S)Nc1ccccc1C. The summed E-state index contributed by atoms with van der Waals surface area (Å²) in [5.74, 6) is 0. The lowest BCUT2D eigenvalue weighted by molar-refractivity contribution is 0.321. The molecule has 0 fully saturated rings. The van der Waals surface area contributed by atoms with Crippen LogP contribution in [0.5, 0.6) is 0 Å². The number of thiocarbonyl (C=S) groups is 1. The summed E-state index contributed by atoms with van der Waals surface area (Å²) in [5, 5.41) is 5.46. The molecule has 3 rings (SSSR count). The van der Waals surface area contributed by atoms with Crippen molar-refractivity contribution in [1.82, 2.24) is 9.88 Å². The molecule has 0 radical (unpaired) electrons. The number of aryl methyl sites for hydroxylation is 1. The Labute approximate surface area is 155 Å². The van der Waals surface area contributed by atoms with Crippen LogP contribution in [0.1, 0.15) is 31.4 Å². The van der Waals surface area contributed by atoms with Crippen molar-refractivity contribution < 1.29 is 0 Å². The van der Waals surface area contributed by atoms with Crippen LogP contribution in [0, 0.1) is 6.92 Å². The molecule has 1 atom stereocenters. The number of hydrogen-bond donors (Lipinski definition) is 2. The largest absolute Gasteiger partial charge is 0.361 e. The Morgan fingerprint density at radius 1 is 1.16 bits per heavy atom. The minimum Gasteiger partial charge on any atom is -0.361 e. The number of fused-ring (bicyclic) bond motifs is 1. The van der Waals surface area contributed by atoms with Crippen molar-refractivity contribution in [3.05, 3.63) is 65.9 Å². The summed E-state index contributed by atoms with van der Waals surface area (Å²) in [5.41, 5.74) is 4.70. The van der Waals surface area contributed by atoms with Gasteiger partial charge in [0, 0.05) is 35.4 Å². The Bertz CT molecular complexity index is 868. The molecule has 0 aliphatic carbocycles. The first-order valence-corrected chi connectivity index (χ1v) is 9.19. The third-order valence-corrected chi connectivity index (χ3v) is 5.12. The Morgan fingerprint density at radius 3 is 2.64 bits per heavy atom. The van der Waals surface area contributed by atoms with Crippen molar-refractivity contribution in [3.8, 4) is 0 Å². The van der Waals surface area contributed by atoms with E-state index in [1.807, 2.05) is 12.1 Å². The van der Waals surface area contributed by atoms with Crippen LogP contribution < -0.4 is 5.32 Å². The van der Waals surface area contributed by atoms with E-state index >= 15 is 0 Å². The normalized spacial score (nSPS) is 12.1. The smallest absolute Gasteiger partial charge is 0.173 e. The Morgan fingerprint density at radius 2 is 1.88 bits per heavy atom. The maximum atomic E-state index is 5.76. The second-order valence-corrected chi connectivity index (χ2v) is 6.88. The van der Waals surface area contributed by atoms with Gasteiger partial charge in [0.2, 0.25) is 0 Å². The molecular weight excluding hydrogens is 326 g/mol. The fraction of sp³-hybridized carbons (Fsp3) is 0.286. The molecular formula is C21H25N3S. The van der Waals surface area contributed by atoms with Gasteiger partial charge in [-0.15, -0.1) is 0 Å². The summed E-state index contributed by atoms with van der Waals surface area (Å²) in [4.78, 5) is 5.63. The average molecular weight is 352 g/mol. The highest BCUT2D eigenvalue weighted by atomic mass is 32.1.